The normalized spacial score (nSPS) is 15.4. The average Bonchev–Trinajstić information content (AvgIpc) is 3.14. The zero-order valence-corrected chi connectivity index (χ0v) is 23.0. The summed E-state index contributed by atoms with van der Waals surface area (Å²) in [6.07, 6.45) is 2.47. The van der Waals surface area contributed by atoms with Crippen molar-refractivity contribution in [1.29, 1.82) is 0 Å². The fourth-order valence-electron chi connectivity index (χ4n) is 3.34. The molecule has 2 aromatic rings. The van der Waals surface area contributed by atoms with Crippen LogP contribution in [0.1, 0.15) is 44.7 Å². The molecule has 0 spiro atoms. The van der Waals surface area contributed by atoms with E-state index in [9.17, 15) is 14.7 Å². The van der Waals surface area contributed by atoms with Gasteiger partial charge in [0.2, 0.25) is 5.91 Å². The van der Waals surface area contributed by atoms with Crippen LogP contribution in [0, 0.1) is 0 Å². The molecule has 1 aliphatic heterocycles. The maximum absolute atomic E-state index is 12.5. The van der Waals surface area contributed by atoms with Crippen molar-refractivity contribution in [1.82, 2.24) is 0 Å². The number of nitrogens with zero attached hydrogens (tertiary/aromatic N) is 1. The molecule has 0 atom stereocenters. The number of carbonyl (C=O) groups excluding carboxylic acids is 2. The topological polar surface area (TPSA) is 94.4 Å². The van der Waals surface area contributed by atoms with Gasteiger partial charge in [-0.1, -0.05) is 54.0 Å². The predicted molar refractivity (Wildman–Crippen MR) is 148 cm³/mol. The summed E-state index contributed by atoms with van der Waals surface area (Å²) in [5.41, 5.74) is 1.36. The Morgan fingerprint density at radius 1 is 1.05 bits per heavy atom. The minimum absolute atomic E-state index is 0.0969. The summed E-state index contributed by atoms with van der Waals surface area (Å²) >= 11 is 13.5. The molecular formula is C27H27Cl2NO6S. The number of ether oxygens (including phenoxy) is 3. The van der Waals surface area contributed by atoms with Crippen LogP contribution in [-0.2, 0) is 20.9 Å². The Morgan fingerprint density at radius 3 is 2.43 bits per heavy atom. The number of hydrogen-bond acceptors (Lipinski definition) is 7. The van der Waals surface area contributed by atoms with E-state index in [0.717, 1.165) is 17.3 Å². The number of amides is 1. The van der Waals surface area contributed by atoms with Gasteiger partial charge in [-0.2, -0.15) is 0 Å². The summed E-state index contributed by atoms with van der Waals surface area (Å²) in [7, 11) is 0. The molecule has 10 heteroatoms. The molecule has 1 aliphatic rings. The van der Waals surface area contributed by atoms with Crippen LogP contribution in [0.4, 0.5) is 0 Å². The molecule has 37 heavy (non-hydrogen) atoms. The Morgan fingerprint density at radius 2 is 1.78 bits per heavy atom. The van der Waals surface area contributed by atoms with E-state index in [-0.39, 0.29) is 41.9 Å². The molecule has 0 aromatic heterocycles. The molecule has 3 rings (SSSR count). The van der Waals surface area contributed by atoms with Gasteiger partial charge in [0, 0.05) is 11.4 Å². The van der Waals surface area contributed by atoms with Crippen LogP contribution in [-0.4, -0.2) is 35.2 Å². The van der Waals surface area contributed by atoms with Crippen molar-refractivity contribution in [2.45, 2.75) is 40.2 Å². The van der Waals surface area contributed by atoms with E-state index in [1.807, 2.05) is 26.0 Å². The molecule has 1 amide bonds. The van der Waals surface area contributed by atoms with Gasteiger partial charge in [-0.05, 0) is 61.7 Å². The SMILES string of the molecule is CCCC(=O)N=C1S/C(=C\c2cc(Cl)c(OCc3ccc(Cl)cc3)c(OCC)c2)C(O)=C1C(=O)OCC. The van der Waals surface area contributed by atoms with Crippen molar-refractivity contribution < 1.29 is 28.9 Å². The molecule has 1 N–H and O–H groups in total. The summed E-state index contributed by atoms with van der Waals surface area (Å²) in [5.74, 6) is -0.662. The molecule has 0 aliphatic carbocycles. The van der Waals surface area contributed by atoms with Gasteiger partial charge in [-0.25, -0.2) is 9.79 Å². The third kappa shape index (κ3) is 7.53. The highest BCUT2D eigenvalue weighted by Gasteiger charge is 2.33. The summed E-state index contributed by atoms with van der Waals surface area (Å²) < 4.78 is 16.8. The van der Waals surface area contributed by atoms with E-state index in [4.69, 9.17) is 37.4 Å². The Kier molecular flexibility index (Phi) is 10.5. The standard InChI is InChI=1S/C27H27Cl2NO6S/c1-4-7-22(31)30-26-23(27(33)35-6-3)24(32)21(37-26)14-17-12-19(29)25(20(13-17)34-5-2)36-15-16-8-10-18(28)11-9-16/h8-14,32H,4-7,15H2,1-3H3/b21-14-,30-26?. The summed E-state index contributed by atoms with van der Waals surface area (Å²) in [5, 5.41) is 11.9. The molecule has 196 valence electrons. The van der Waals surface area contributed by atoms with Gasteiger partial charge in [-0.3, -0.25) is 4.79 Å². The minimum atomic E-state index is -0.752. The van der Waals surface area contributed by atoms with Crippen molar-refractivity contribution in [2.24, 2.45) is 4.99 Å². The van der Waals surface area contributed by atoms with Crippen molar-refractivity contribution in [3.8, 4) is 11.5 Å². The first-order valence-corrected chi connectivity index (χ1v) is 13.3. The minimum Gasteiger partial charge on any atom is -0.506 e. The van der Waals surface area contributed by atoms with E-state index in [0.29, 0.717) is 45.0 Å². The second kappa shape index (κ2) is 13.6. The van der Waals surface area contributed by atoms with Crippen molar-refractivity contribution in [3.63, 3.8) is 0 Å². The van der Waals surface area contributed by atoms with Gasteiger partial charge in [-0.15, -0.1) is 0 Å². The lowest BCUT2D eigenvalue weighted by molar-refractivity contribution is -0.138. The molecule has 2 aromatic carbocycles. The molecule has 7 nitrogen and oxygen atoms in total. The van der Waals surface area contributed by atoms with Crippen LogP contribution < -0.4 is 9.47 Å². The molecule has 0 fully saturated rings. The van der Waals surface area contributed by atoms with Crippen LogP contribution in [0.25, 0.3) is 6.08 Å². The van der Waals surface area contributed by atoms with Crippen molar-refractivity contribution in [3.05, 3.63) is 73.8 Å². The van der Waals surface area contributed by atoms with E-state index >= 15 is 0 Å². The van der Waals surface area contributed by atoms with Gasteiger partial charge < -0.3 is 19.3 Å². The number of aliphatic imine (C=N–C) groups is 1. The maximum atomic E-state index is 12.5. The van der Waals surface area contributed by atoms with E-state index < -0.39 is 5.97 Å². The number of benzene rings is 2. The maximum Gasteiger partial charge on any atom is 0.344 e. The molecule has 0 saturated heterocycles. The second-order valence-corrected chi connectivity index (χ2v) is 9.67. The van der Waals surface area contributed by atoms with E-state index in [2.05, 4.69) is 4.99 Å². The smallest absolute Gasteiger partial charge is 0.344 e. The number of carbonyl (C=O) groups is 2. The zero-order valence-electron chi connectivity index (χ0n) is 20.7. The first-order chi connectivity index (χ1) is 17.8. The van der Waals surface area contributed by atoms with E-state index in [1.165, 1.54) is 0 Å². The number of halogens is 2. The van der Waals surface area contributed by atoms with E-state index in [1.54, 1.807) is 37.3 Å². The van der Waals surface area contributed by atoms with Gasteiger partial charge in [0.15, 0.2) is 11.5 Å². The highest BCUT2D eigenvalue weighted by atomic mass is 35.5. The van der Waals surface area contributed by atoms with Crippen LogP contribution in [0.2, 0.25) is 10.0 Å². The van der Waals surface area contributed by atoms with Crippen LogP contribution in [0.3, 0.4) is 0 Å². The predicted octanol–water partition coefficient (Wildman–Crippen LogP) is 7.16. The van der Waals surface area contributed by atoms with Crippen LogP contribution in [0.5, 0.6) is 11.5 Å². The van der Waals surface area contributed by atoms with Gasteiger partial charge in [0.1, 0.15) is 23.0 Å². The lowest BCUT2D eigenvalue weighted by Gasteiger charge is -2.15. The monoisotopic (exact) mass is 563 g/mol. The quantitative estimate of drug-likeness (QED) is 0.306. The fourth-order valence-corrected chi connectivity index (χ4v) is 4.77. The summed E-state index contributed by atoms with van der Waals surface area (Å²) in [6.45, 7) is 6.09. The van der Waals surface area contributed by atoms with Crippen molar-refractivity contribution in [2.75, 3.05) is 13.2 Å². The van der Waals surface area contributed by atoms with Crippen molar-refractivity contribution >= 4 is 58.0 Å². The molecule has 0 bridgehead atoms. The fraction of sp³-hybridized carbons (Fsp3) is 0.296. The summed E-state index contributed by atoms with van der Waals surface area (Å²) in [4.78, 5) is 29.0. The van der Waals surface area contributed by atoms with Gasteiger partial charge in [0.25, 0.3) is 0 Å². The number of thioether (sulfide) groups is 1. The average molecular weight is 564 g/mol. The second-order valence-electron chi connectivity index (χ2n) is 7.79. The summed E-state index contributed by atoms with van der Waals surface area (Å²) in [6, 6.07) is 10.6. The number of hydrogen-bond donors (Lipinski definition) is 1. The van der Waals surface area contributed by atoms with Crippen LogP contribution >= 0.6 is 35.0 Å². The number of esters is 1. The van der Waals surface area contributed by atoms with Gasteiger partial charge >= 0.3 is 5.97 Å². The highest BCUT2D eigenvalue weighted by Crippen LogP contribution is 2.42. The number of aliphatic hydroxyl groups excluding tert-OH is 1. The highest BCUT2D eigenvalue weighted by molar-refractivity contribution is 8.18. The third-order valence-corrected chi connectivity index (χ3v) is 6.54. The Bertz CT molecular complexity index is 1250. The molecular weight excluding hydrogens is 537 g/mol. The number of rotatable bonds is 10. The van der Waals surface area contributed by atoms with Gasteiger partial charge in [0.05, 0.1) is 23.1 Å². The van der Waals surface area contributed by atoms with Crippen LogP contribution in [0.15, 0.2) is 57.6 Å². The molecule has 0 unspecified atom stereocenters. The number of aliphatic hydroxyl groups is 1. The lowest BCUT2D eigenvalue weighted by Crippen LogP contribution is -2.14. The molecule has 0 radical (unpaired) electrons. The first-order valence-electron chi connectivity index (χ1n) is 11.7. The lowest BCUT2D eigenvalue weighted by atomic mass is 10.1. The molecule has 1 heterocycles. The zero-order chi connectivity index (χ0) is 26.9. The Hall–Kier alpha value is -2.94. The Balaban J connectivity index is 1.95. The first kappa shape index (κ1) is 28.6. The largest absolute Gasteiger partial charge is 0.506 e. The molecule has 0 saturated carbocycles. The third-order valence-electron chi connectivity index (χ3n) is 4.99. The Labute approximate surface area is 230 Å².